The van der Waals surface area contributed by atoms with E-state index in [4.69, 9.17) is 0 Å². The largest absolute Gasteiger partial charge is 0.352 e. The number of hydrogen-bond acceptors (Lipinski definition) is 7. The molecule has 8 heteroatoms. The molecule has 2 aromatic rings. The summed E-state index contributed by atoms with van der Waals surface area (Å²) in [5, 5.41) is 5.53. The normalized spacial score (nSPS) is 19.3. The molecule has 0 atom stereocenters. The Balaban J connectivity index is 1.46. The molecule has 0 radical (unpaired) electrons. The van der Waals surface area contributed by atoms with E-state index in [0.717, 1.165) is 34.9 Å². The first-order chi connectivity index (χ1) is 15.7. The van der Waals surface area contributed by atoms with Crippen molar-refractivity contribution in [1.82, 2.24) is 24.3 Å². The number of nitrogens with one attached hydrogen (secondary N) is 1. The van der Waals surface area contributed by atoms with Gasteiger partial charge in [-0.15, -0.1) is 11.3 Å². The number of aryl methyl sites for hydroxylation is 1. The van der Waals surface area contributed by atoms with Crippen LogP contribution in [0.15, 0.2) is 77.8 Å². The molecule has 4 heterocycles. The third-order valence-corrected chi connectivity index (χ3v) is 8.72. The van der Waals surface area contributed by atoms with Crippen molar-refractivity contribution in [1.29, 1.82) is 0 Å². The monoisotopic (exact) mass is 478 g/mol. The van der Waals surface area contributed by atoms with Gasteiger partial charge >= 0.3 is 0 Å². The van der Waals surface area contributed by atoms with Crippen LogP contribution >= 0.6 is 23.3 Å². The van der Waals surface area contributed by atoms with Crippen LogP contribution in [0.1, 0.15) is 30.9 Å². The molecule has 0 unspecified atom stereocenters. The Kier molecular flexibility index (Phi) is 5.55. The van der Waals surface area contributed by atoms with E-state index >= 15 is 0 Å². The van der Waals surface area contributed by atoms with Crippen LogP contribution < -0.4 is 9.62 Å². The van der Waals surface area contributed by atoms with Crippen molar-refractivity contribution < 1.29 is 0 Å². The number of anilines is 1. The van der Waals surface area contributed by atoms with E-state index in [9.17, 15) is 0 Å². The Morgan fingerprint density at radius 1 is 1.18 bits per heavy atom. The van der Waals surface area contributed by atoms with Gasteiger partial charge in [-0.3, -0.25) is 9.40 Å². The number of hydrogen-bond donors (Lipinski definition) is 1. The maximum absolute atomic E-state index is 4.50. The Morgan fingerprint density at radius 3 is 2.64 bits per heavy atom. The molecule has 1 saturated carbocycles. The molecule has 2 aliphatic heterocycles. The van der Waals surface area contributed by atoms with E-state index in [-0.39, 0.29) is 5.54 Å². The van der Waals surface area contributed by atoms with Gasteiger partial charge in [-0.25, -0.2) is 0 Å². The van der Waals surface area contributed by atoms with Gasteiger partial charge in [-0.05, 0) is 55.5 Å². The summed E-state index contributed by atoms with van der Waals surface area (Å²) in [6, 6.07) is 2.26. The number of nitrogens with zero attached hydrogens (tertiary/aromatic N) is 5. The molecule has 33 heavy (non-hydrogen) atoms. The van der Waals surface area contributed by atoms with Crippen LogP contribution in [0.3, 0.4) is 0 Å². The van der Waals surface area contributed by atoms with Crippen LogP contribution in [0.5, 0.6) is 0 Å². The SMILES string of the molecule is C=C1C=C(CN2C(=C)N(Cc3cnn(C)c3)C(=C)c3cc(SNC4(C)CC4)sc32)C=CN1C. The predicted molar refractivity (Wildman–Crippen MR) is 139 cm³/mol. The van der Waals surface area contributed by atoms with Crippen LogP contribution in [0, 0.1) is 0 Å². The van der Waals surface area contributed by atoms with Gasteiger partial charge in [0.1, 0.15) is 10.8 Å². The third-order valence-electron chi connectivity index (χ3n) is 6.35. The van der Waals surface area contributed by atoms with Crippen molar-refractivity contribution in [2.24, 2.45) is 7.05 Å². The summed E-state index contributed by atoms with van der Waals surface area (Å²) in [6.45, 7) is 16.8. The van der Waals surface area contributed by atoms with Crippen molar-refractivity contribution >= 4 is 34.0 Å². The zero-order valence-electron chi connectivity index (χ0n) is 19.5. The van der Waals surface area contributed by atoms with Gasteiger partial charge in [-0.1, -0.05) is 19.7 Å². The number of thiophene rings is 1. The average molecular weight is 479 g/mol. The Bertz CT molecular complexity index is 1200. The minimum Gasteiger partial charge on any atom is -0.352 e. The van der Waals surface area contributed by atoms with Crippen LogP contribution in [-0.2, 0) is 13.6 Å². The molecular weight excluding hydrogens is 448 g/mol. The minimum absolute atomic E-state index is 0.270. The molecule has 1 aliphatic carbocycles. The molecule has 0 aromatic carbocycles. The zero-order valence-corrected chi connectivity index (χ0v) is 21.1. The minimum atomic E-state index is 0.270. The van der Waals surface area contributed by atoms with E-state index in [1.165, 1.54) is 27.6 Å². The molecule has 0 bridgehead atoms. The van der Waals surface area contributed by atoms with Gasteiger partial charge in [0.2, 0.25) is 0 Å². The smallest absolute Gasteiger partial charge is 0.107 e. The second-order valence-corrected chi connectivity index (χ2v) is 11.4. The van der Waals surface area contributed by atoms with Gasteiger partial charge < -0.3 is 14.7 Å². The summed E-state index contributed by atoms with van der Waals surface area (Å²) in [5.74, 6) is 0.927. The highest BCUT2D eigenvalue weighted by Gasteiger charge is 2.38. The van der Waals surface area contributed by atoms with Crippen molar-refractivity contribution in [3.05, 3.63) is 84.8 Å². The lowest BCUT2D eigenvalue weighted by Gasteiger charge is -2.41. The summed E-state index contributed by atoms with van der Waals surface area (Å²) >= 11 is 3.53. The molecule has 1 N–H and O–H groups in total. The fourth-order valence-corrected chi connectivity index (χ4v) is 6.07. The molecule has 172 valence electrons. The topological polar surface area (TPSA) is 39.6 Å². The standard InChI is InChI=1S/C25H30N6S2/c1-17-11-20(7-10-28(17)5)15-31-19(3)30(16-21-13-26-29(6)14-21)18(2)22-12-23(32-24(22)31)33-27-25(4)8-9-25/h7,10-14,27H,1-3,8-9,15-16H2,4-6H3. The maximum atomic E-state index is 4.50. The summed E-state index contributed by atoms with van der Waals surface area (Å²) < 4.78 is 6.71. The van der Waals surface area contributed by atoms with E-state index in [1.54, 1.807) is 23.3 Å². The molecule has 5 rings (SSSR count). The Hall–Kier alpha value is -2.68. The highest BCUT2D eigenvalue weighted by atomic mass is 32.2. The van der Waals surface area contributed by atoms with Gasteiger partial charge in [0.05, 0.1) is 23.5 Å². The van der Waals surface area contributed by atoms with Gasteiger partial charge in [-0.2, -0.15) is 5.10 Å². The fourth-order valence-electron chi connectivity index (χ4n) is 3.88. The zero-order chi connectivity index (χ0) is 23.3. The second-order valence-electron chi connectivity index (χ2n) is 9.24. The van der Waals surface area contributed by atoms with Crippen molar-refractivity contribution in [3.8, 4) is 0 Å². The first kappa shape index (κ1) is 22.1. The summed E-state index contributed by atoms with van der Waals surface area (Å²) in [6.07, 6.45) is 12.8. The molecule has 0 amide bonds. The summed E-state index contributed by atoms with van der Waals surface area (Å²) in [5.41, 5.74) is 5.72. The second kappa shape index (κ2) is 8.27. The van der Waals surface area contributed by atoms with Gasteiger partial charge in [0.25, 0.3) is 0 Å². The highest BCUT2D eigenvalue weighted by molar-refractivity contribution is 7.99. The van der Waals surface area contributed by atoms with Gasteiger partial charge in [0.15, 0.2) is 0 Å². The van der Waals surface area contributed by atoms with Crippen LogP contribution in [0.4, 0.5) is 5.00 Å². The number of likely N-dealkylation sites (N-methyl/N-ethyl adjacent to an activating group) is 1. The lowest BCUT2D eigenvalue weighted by molar-refractivity contribution is 0.460. The fraction of sp³-hybridized carbons (Fsp3) is 0.320. The van der Waals surface area contributed by atoms with Crippen molar-refractivity contribution in [2.45, 2.75) is 36.1 Å². The lowest BCUT2D eigenvalue weighted by Crippen LogP contribution is -2.38. The first-order valence-corrected chi connectivity index (χ1v) is 12.6. The van der Waals surface area contributed by atoms with E-state index in [1.807, 2.05) is 36.1 Å². The van der Waals surface area contributed by atoms with Crippen LogP contribution in [-0.4, -0.2) is 38.7 Å². The van der Waals surface area contributed by atoms with E-state index in [0.29, 0.717) is 6.54 Å². The number of allylic oxidation sites excluding steroid dienone is 1. The third kappa shape index (κ3) is 4.43. The molecule has 6 nitrogen and oxygen atoms in total. The average Bonchev–Trinajstić information content (AvgIpc) is 3.17. The molecule has 0 spiro atoms. The molecule has 3 aliphatic rings. The maximum Gasteiger partial charge on any atom is 0.107 e. The lowest BCUT2D eigenvalue weighted by atomic mass is 10.1. The number of rotatable bonds is 7. The summed E-state index contributed by atoms with van der Waals surface area (Å²) in [4.78, 5) is 6.54. The number of aromatic nitrogens is 2. The predicted octanol–water partition coefficient (Wildman–Crippen LogP) is 5.29. The molecule has 2 aromatic heterocycles. The highest BCUT2D eigenvalue weighted by Crippen LogP contribution is 2.48. The van der Waals surface area contributed by atoms with E-state index in [2.05, 4.69) is 70.7 Å². The van der Waals surface area contributed by atoms with Crippen LogP contribution in [0.25, 0.3) is 5.70 Å². The molecular formula is C25H30N6S2. The number of fused-ring (bicyclic) bond motifs is 1. The molecule has 0 saturated heterocycles. The van der Waals surface area contributed by atoms with Crippen LogP contribution in [0.2, 0.25) is 0 Å². The first-order valence-electron chi connectivity index (χ1n) is 11.0. The van der Waals surface area contributed by atoms with Gasteiger partial charge in [0, 0.05) is 54.6 Å². The van der Waals surface area contributed by atoms with E-state index < -0.39 is 0 Å². The molecule has 1 fully saturated rings. The Morgan fingerprint density at radius 2 is 1.97 bits per heavy atom. The van der Waals surface area contributed by atoms with Crippen molar-refractivity contribution in [2.75, 3.05) is 18.5 Å². The quantitative estimate of drug-likeness (QED) is 0.545. The Labute approximate surface area is 204 Å². The summed E-state index contributed by atoms with van der Waals surface area (Å²) in [7, 11) is 3.95. The van der Waals surface area contributed by atoms with Crippen molar-refractivity contribution in [3.63, 3.8) is 0 Å².